The first-order valence-corrected chi connectivity index (χ1v) is 7.84. The van der Waals surface area contributed by atoms with Crippen LogP contribution in [0.1, 0.15) is 12.5 Å². The fourth-order valence-corrected chi connectivity index (χ4v) is 3.50. The van der Waals surface area contributed by atoms with Crippen LogP contribution in [0.2, 0.25) is 0 Å². The molecular formula is C15H15NO5S2. The van der Waals surface area contributed by atoms with Crippen LogP contribution >= 0.6 is 24.0 Å². The van der Waals surface area contributed by atoms with E-state index in [1.165, 1.54) is 21.1 Å². The maximum Gasteiger partial charge on any atom is 0.326 e. The molecule has 0 aromatic heterocycles. The Kier molecular flexibility index (Phi) is 5.27. The van der Waals surface area contributed by atoms with Crippen molar-refractivity contribution in [1.82, 2.24) is 4.90 Å². The molecule has 1 aromatic rings. The van der Waals surface area contributed by atoms with Crippen LogP contribution in [0.4, 0.5) is 0 Å². The Bertz CT molecular complexity index is 701. The maximum atomic E-state index is 12.4. The number of ether oxygens (including phenoxy) is 2. The van der Waals surface area contributed by atoms with Crippen molar-refractivity contribution in [3.8, 4) is 11.5 Å². The summed E-state index contributed by atoms with van der Waals surface area (Å²) in [6.07, 6.45) is 1.62. The summed E-state index contributed by atoms with van der Waals surface area (Å²) in [6.45, 7) is 1.42. The van der Waals surface area contributed by atoms with Crippen LogP contribution in [0, 0.1) is 0 Å². The molecule has 0 aliphatic carbocycles. The Morgan fingerprint density at radius 1 is 1.39 bits per heavy atom. The number of carboxylic acid groups (broad SMARTS) is 1. The number of carbonyl (C=O) groups is 2. The number of hydrogen-bond donors (Lipinski definition) is 1. The van der Waals surface area contributed by atoms with Crippen molar-refractivity contribution in [2.75, 3.05) is 14.2 Å². The van der Waals surface area contributed by atoms with Crippen LogP contribution in [-0.4, -0.2) is 46.5 Å². The molecule has 122 valence electrons. The number of amides is 1. The minimum absolute atomic E-state index is 0.220. The van der Waals surface area contributed by atoms with Gasteiger partial charge in [-0.15, -0.1) is 0 Å². The van der Waals surface area contributed by atoms with Gasteiger partial charge in [0.2, 0.25) is 0 Å². The number of thiocarbonyl (C=S) groups is 1. The molecule has 0 saturated carbocycles. The summed E-state index contributed by atoms with van der Waals surface area (Å²) >= 11 is 6.19. The second-order valence-electron chi connectivity index (χ2n) is 4.65. The molecule has 0 bridgehead atoms. The Balaban J connectivity index is 2.40. The maximum absolute atomic E-state index is 12.4. The third-order valence-electron chi connectivity index (χ3n) is 3.29. The van der Waals surface area contributed by atoms with Gasteiger partial charge in [0.25, 0.3) is 5.91 Å². The molecule has 1 saturated heterocycles. The average Bonchev–Trinajstić information content (AvgIpc) is 2.80. The van der Waals surface area contributed by atoms with Gasteiger partial charge in [-0.2, -0.15) is 0 Å². The summed E-state index contributed by atoms with van der Waals surface area (Å²) in [7, 11) is 3.03. The second-order valence-corrected chi connectivity index (χ2v) is 6.32. The minimum atomic E-state index is -1.11. The van der Waals surface area contributed by atoms with Gasteiger partial charge in [0, 0.05) is 5.56 Å². The van der Waals surface area contributed by atoms with Crippen molar-refractivity contribution in [1.29, 1.82) is 0 Å². The van der Waals surface area contributed by atoms with E-state index in [4.69, 9.17) is 26.8 Å². The van der Waals surface area contributed by atoms with Gasteiger partial charge in [-0.25, -0.2) is 4.79 Å². The predicted molar refractivity (Wildman–Crippen MR) is 91.7 cm³/mol. The van der Waals surface area contributed by atoms with E-state index in [1.54, 1.807) is 24.3 Å². The van der Waals surface area contributed by atoms with Crippen LogP contribution in [0.5, 0.6) is 11.5 Å². The number of carboxylic acids is 1. The van der Waals surface area contributed by atoms with Gasteiger partial charge in [0.1, 0.15) is 10.4 Å². The zero-order valence-corrected chi connectivity index (χ0v) is 14.4. The van der Waals surface area contributed by atoms with Gasteiger partial charge in [0.05, 0.1) is 19.1 Å². The SMILES string of the molecule is COc1cccc(/C=C2/SC(=S)N([C@@H](C)C(=O)O)C2=O)c1OC. The molecule has 1 aromatic carbocycles. The van der Waals surface area contributed by atoms with Gasteiger partial charge in [0.15, 0.2) is 11.5 Å². The van der Waals surface area contributed by atoms with E-state index in [9.17, 15) is 9.59 Å². The summed E-state index contributed by atoms with van der Waals surface area (Å²) in [4.78, 5) is 25.0. The molecule has 0 radical (unpaired) electrons. The van der Waals surface area contributed by atoms with E-state index in [2.05, 4.69) is 0 Å². The Labute approximate surface area is 143 Å². The Hall–Kier alpha value is -2.06. The van der Waals surface area contributed by atoms with E-state index in [0.29, 0.717) is 22.0 Å². The summed E-state index contributed by atoms with van der Waals surface area (Å²) in [5.74, 6) is -0.511. The van der Waals surface area contributed by atoms with Crippen LogP contribution in [0.3, 0.4) is 0 Å². The number of thioether (sulfide) groups is 1. The highest BCUT2D eigenvalue weighted by Gasteiger charge is 2.38. The molecule has 1 amide bonds. The second kappa shape index (κ2) is 7.01. The lowest BCUT2D eigenvalue weighted by Crippen LogP contribution is -2.41. The van der Waals surface area contributed by atoms with Crippen molar-refractivity contribution in [2.24, 2.45) is 0 Å². The molecule has 1 N–H and O–H groups in total. The Morgan fingerprint density at radius 2 is 2.09 bits per heavy atom. The average molecular weight is 353 g/mol. The number of carbonyl (C=O) groups excluding carboxylic acids is 1. The first-order valence-electron chi connectivity index (χ1n) is 6.61. The van der Waals surface area contributed by atoms with E-state index >= 15 is 0 Å². The van der Waals surface area contributed by atoms with Gasteiger partial charge < -0.3 is 14.6 Å². The number of methoxy groups -OCH3 is 2. The normalized spacial score (nSPS) is 17.5. The van der Waals surface area contributed by atoms with Gasteiger partial charge in [-0.1, -0.05) is 36.1 Å². The van der Waals surface area contributed by atoms with Gasteiger partial charge >= 0.3 is 5.97 Å². The third-order valence-corrected chi connectivity index (χ3v) is 4.62. The van der Waals surface area contributed by atoms with Crippen molar-refractivity contribution >= 4 is 46.3 Å². The van der Waals surface area contributed by atoms with Crippen LogP contribution in [-0.2, 0) is 9.59 Å². The van der Waals surface area contributed by atoms with E-state index < -0.39 is 17.9 Å². The lowest BCUT2D eigenvalue weighted by Gasteiger charge is -2.18. The molecule has 2 rings (SSSR count). The summed E-state index contributed by atoms with van der Waals surface area (Å²) < 4.78 is 10.8. The first kappa shape index (κ1) is 17.3. The number of rotatable bonds is 5. The Morgan fingerprint density at radius 3 is 2.65 bits per heavy atom. The molecule has 0 spiro atoms. The van der Waals surface area contributed by atoms with Crippen molar-refractivity contribution in [3.63, 3.8) is 0 Å². The van der Waals surface area contributed by atoms with Crippen LogP contribution in [0.15, 0.2) is 23.1 Å². The van der Waals surface area contributed by atoms with Crippen LogP contribution < -0.4 is 9.47 Å². The minimum Gasteiger partial charge on any atom is -0.493 e. The zero-order chi connectivity index (χ0) is 17.1. The number of hydrogen-bond acceptors (Lipinski definition) is 6. The van der Waals surface area contributed by atoms with Crippen molar-refractivity contribution < 1.29 is 24.2 Å². The molecule has 23 heavy (non-hydrogen) atoms. The number of para-hydroxylation sites is 1. The molecule has 1 aliphatic heterocycles. The lowest BCUT2D eigenvalue weighted by atomic mass is 10.1. The molecule has 1 heterocycles. The van der Waals surface area contributed by atoms with Crippen molar-refractivity contribution in [3.05, 3.63) is 28.7 Å². The number of benzene rings is 1. The molecule has 1 fully saturated rings. The van der Waals surface area contributed by atoms with Crippen molar-refractivity contribution in [2.45, 2.75) is 13.0 Å². The molecule has 0 unspecified atom stereocenters. The third kappa shape index (κ3) is 3.32. The monoisotopic (exact) mass is 353 g/mol. The zero-order valence-electron chi connectivity index (χ0n) is 12.7. The highest BCUT2D eigenvalue weighted by atomic mass is 32.2. The molecule has 1 aliphatic rings. The summed E-state index contributed by atoms with van der Waals surface area (Å²) in [5, 5.41) is 9.09. The molecule has 1 atom stereocenters. The summed E-state index contributed by atoms with van der Waals surface area (Å²) in [5.41, 5.74) is 0.648. The van der Waals surface area contributed by atoms with E-state index in [1.807, 2.05) is 0 Å². The van der Waals surface area contributed by atoms with E-state index in [-0.39, 0.29) is 4.32 Å². The topological polar surface area (TPSA) is 76.1 Å². The summed E-state index contributed by atoms with van der Waals surface area (Å²) in [6, 6.07) is 4.27. The van der Waals surface area contributed by atoms with Crippen LogP contribution in [0.25, 0.3) is 6.08 Å². The standard InChI is InChI=1S/C15H15NO5S2/c1-8(14(18)19)16-13(17)11(23-15(16)22)7-9-5-4-6-10(20-2)12(9)21-3/h4-8H,1-3H3,(H,18,19)/b11-7+/t8-/m0/s1. The largest absolute Gasteiger partial charge is 0.493 e. The van der Waals surface area contributed by atoms with E-state index in [0.717, 1.165) is 16.7 Å². The van der Waals surface area contributed by atoms with Gasteiger partial charge in [-0.05, 0) is 19.1 Å². The lowest BCUT2D eigenvalue weighted by molar-refractivity contribution is -0.144. The molecule has 6 nitrogen and oxygen atoms in total. The highest BCUT2D eigenvalue weighted by Crippen LogP contribution is 2.37. The molecular weight excluding hydrogens is 338 g/mol. The fourth-order valence-electron chi connectivity index (χ4n) is 2.09. The number of nitrogens with zero attached hydrogens (tertiary/aromatic N) is 1. The molecule has 8 heteroatoms. The quantitative estimate of drug-likeness (QED) is 0.643. The fraction of sp³-hybridized carbons (Fsp3) is 0.267. The smallest absolute Gasteiger partial charge is 0.326 e. The van der Waals surface area contributed by atoms with Gasteiger partial charge in [-0.3, -0.25) is 9.69 Å². The predicted octanol–water partition coefficient (Wildman–Crippen LogP) is 2.38. The number of aliphatic carboxylic acids is 1. The highest BCUT2D eigenvalue weighted by molar-refractivity contribution is 8.26. The first-order chi connectivity index (χ1) is 10.9.